The maximum Gasteiger partial charge on any atom is 0.326 e. The molecule has 7 nitrogen and oxygen atoms in total. The van der Waals surface area contributed by atoms with E-state index in [0.29, 0.717) is 11.3 Å². The summed E-state index contributed by atoms with van der Waals surface area (Å²) in [4.78, 5) is 27.1. The van der Waals surface area contributed by atoms with Crippen molar-refractivity contribution in [3.63, 3.8) is 0 Å². The van der Waals surface area contributed by atoms with Gasteiger partial charge < -0.3 is 14.5 Å². The van der Waals surface area contributed by atoms with Crippen LogP contribution in [0.25, 0.3) is 28.2 Å². The fourth-order valence-corrected chi connectivity index (χ4v) is 2.67. The van der Waals surface area contributed by atoms with E-state index in [1.54, 1.807) is 25.6 Å². The predicted octanol–water partition coefficient (Wildman–Crippen LogP) is 2.68. The average molecular weight is 335 g/mol. The summed E-state index contributed by atoms with van der Waals surface area (Å²) >= 11 is 0. The highest BCUT2D eigenvalue weighted by Gasteiger charge is 2.23. The maximum absolute atomic E-state index is 11.6. The minimum atomic E-state index is -0.550. The number of urea groups is 1. The number of fused-ring (bicyclic) bond motifs is 1. The number of methoxy groups -OCH3 is 1. The van der Waals surface area contributed by atoms with Gasteiger partial charge in [-0.05, 0) is 23.8 Å². The molecule has 3 amide bonds. The molecule has 3 aromatic rings. The minimum absolute atomic E-state index is 0.139. The van der Waals surface area contributed by atoms with Crippen LogP contribution < -0.4 is 15.4 Å². The lowest BCUT2D eigenvalue weighted by Crippen LogP contribution is -2.22. The van der Waals surface area contributed by atoms with Crippen LogP contribution in [0.1, 0.15) is 5.76 Å². The number of imide groups is 1. The van der Waals surface area contributed by atoms with Gasteiger partial charge in [0.25, 0.3) is 5.91 Å². The quantitative estimate of drug-likeness (QED) is 0.567. The molecule has 7 heteroatoms. The summed E-state index contributed by atoms with van der Waals surface area (Å²) < 4.78 is 11.1. The van der Waals surface area contributed by atoms with E-state index in [0.717, 1.165) is 22.3 Å². The van der Waals surface area contributed by atoms with Gasteiger partial charge in [0, 0.05) is 29.4 Å². The van der Waals surface area contributed by atoms with Gasteiger partial charge >= 0.3 is 6.03 Å². The van der Waals surface area contributed by atoms with E-state index in [1.807, 2.05) is 24.3 Å². The van der Waals surface area contributed by atoms with Gasteiger partial charge in [-0.3, -0.25) is 15.1 Å². The minimum Gasteiger partial charge on any atom is -0.497 e. The van der Waals surface area contributed by atoms with Gasteiger partial charge in [0.2, 0.25) is 0 Å². The van der Waals surface area contributed by atoms with Crippen molar-refractivity contribution in [2.24, 2.45) is 0 Å². The van der Waals surface area contributed by atoms with Crippen LogP contribution >= 0.6 is 0 Å². The molecule has 0 spiro atoms. The third-order valence-electron chi connectivity index (χ3n) is 3.83. The van der Waals surface area contributed by atoms with Crippen molar-refractivity contribution < 1.29 is 18.7 Å². The second-order valence-corrected chi connectivity index (χ2v) is 5.45. The van der Waals surface area contributed by atoms with Crippen LogP contribution in [0.3, 0.4) is 0 Å². The van der Waals surface area contributed by atoms with E-state index in [-0.39, 0.29) is 5.70 Å². The van der Waals surface area contributed by atoms with Gasteiger partial charge in [0.05, 0.1) is 7.11 Å². The molecular formula is C18H13N3O4. The molecule has 3 heterocycles. The summed E-state index contributed by atoms with van der Waals surface area (Å²) in [7, 11) is 1.61. The summed E-state index contributed by atoms with van der Waals surface area (Å²) in [5.74, 6) is 0.685. The number of pyridine rings is 1. The molecule has 2 N–H and O–H groups in total. The summed E-state index contributed by atoms with van der Waals surface area (Å²) in [5, 5.41) is 5.36. The topological polar surface area (TPSA) is 93.5 Å². The Morgan fingerprint density at radius 1 is 1.16 bits per heavy atom. The second kappa shape index (κ2) is 5.79. The molecule has 2 aromatic heterocycles. The SMILES string of the molecule is COc1cccc(-c2cncc3cc(/C=C4/NC(=O)NC4=O)oc23)c1. The second-order valence-electron chi connectivity index (χ2n) is 5.45. The van der Waals surface area contributed by atoms with Crippen LogP contribution in [0.2, 0.25) is 0 Å². The number of nitrogens with one attached hydrogen (secondary N) is 2. The number of hydrogen-bond donors (Lipinski definition) is 2. The van der Waals surface area contributed by atoms with E-state index >= 15 is 0 Å². The first-order valence-corrected chi connectivity index (χ1v) is 7.50. The smallest absolute Gasteiger partial charge is 0.326 e. The molecule has 0 radical (unpaired) electrons. The molecular weight excluding hydrogens is 322 g/mol. The van der Waals surface area contributed by atoms with Crippen molar-refractivity contribution in [2.45, 2.75) is 0 Å². The van der Waals surface area contributed by atoms with Gasteiger partial charge in [-0.15, -0.1) is 0 Å². The highest BCUT2D eigenvalue weighted by Crippen LogP contribution is 2.32. The molecule has 124 valence electrons. The van der Waals surface area contributed by atoms with Gasteiger partial charge in [0.15, 0.2) is 0 Å². The molecule has 1 aromatic carbocycles. The van der Waals surface area contributed by atoms with E-state index in [4.69, 9.17) is 9.15 Å². The number of nitrogens with zero attached hydrogens (tertiary/aromatic N) is 1. The fourth-order valence-electron chi connectivity index (χ4n) is 2.67. The van der Waals surface area contributed by atoms with Crippen molar-refractivity contribution in [3.8, 4) is 16.9 Å². The van der Waals surface area contributed by atoms with Crippen molar-refractivity contribution in [1.29, 1.82) is 0 Å². The summed E-state index contributed by atoms with van der Waals surface area (Å²) in [5.41, 5.74) is 2.48. The zero-order chi connectivity index (χ0) is 17.4. The lowest BCUT2D eigenvalue weighted by molar-refractivity contribution is -0.115. The van der Waals surface area contributed by atoms with E-state index in [2.05, 4.69) is 15.6 Å². The van der Waals surface area contributed by atoms with Crippen molar-refractivity contribution in [2.75, 3.05) is 7.11 Å². The molecule has 4 rings (SSSR count). The number of carbonyl (C=O) groups is 2. The zero-order valence-electron chi connectivity index (χ0n) is 13.2. The Balaban J connectivity index is 1.80. The normalized spacial score (nSPS) is 15.5. The summed E-state index contributed by atoms with van der Waals surface area (Å²) in [6, 6.07) is 8.78. The molecule has 0 unspecified atom stereocenters. The third-order valence-corrected chi connectivity index (χ3v) is 3.83. The number of benzene rings is 1. The highest BCUT2D eigenvalue weighted by atomic mass is 16.5. The van der Waals surface area contributed by atoms with Crippen molar-refractivity contribution >= 4 is 29.0 Å². The van der Waals surface area contributed by atoms with Crippen molar-refractivity contribution in [3.05, 3.63) is 54.2 Å². The molecule has 0 bridgehead atoms. The maximum atomic E-state index is 11.6. The average Bonchev–Trinajstić information content (AvgIpc) is 3.17. The molecule has 25 heavy (non-hydrogen) atoms. The lowest BCUT2D eigenvalue weighted by Gasteiger charge is -2.04. The number of amides is 3. The zero-order valence-corrected chi connectivity index (χ0v) is 13.2. The summed E-state index contributed by atoms with van der Waals surface area (Å²) in [6.07, 6.45) is 4.87. The largest absolute Gasteiger partial charge is 0.497 e. The number of furan rings is 1. The van der Waals surface area contributed by atoms with Crippen LogP contribution in [-0.4, -0.2) is 24.0 Å². The molecule has 1 fully saturated rings. The Morgan fingerprint density at radius 3 is 2.80 bits per heavy atom. The van der Waals surface area contributed by atoms with E-state index in [1.165, 1.54) is 6.08 Å². The Morgan fingerprint density at radius 2 is 2.04 bits per heavy atom. The lowest BCUT2D eigenvalue weighted by atomic mass is 10.1. The first kappa shape index (κ1) is 14.9. The number of aromatic nitrogens is 1. The van der Waals surface area contributed by atoms with Gasteiger partial charge in [-0.1, -0.05) is 12.1 Å². The van der Waals surface area contributed by atoms with Crippen LogP contribution in [0.4, 0.5) is 4.79 Å². The molecule has 1 aliphatic heterocycles. The van der Waals surface area contributed by atoms with Crippen LogP contribution in [0, 0.1) is 0 Å². The number of rotatable bonds is 3. The van der Waals surface area contributed by atoms with Crippen LogP contribution in [0.5, 0.6) is 5.75 Å². The third kappa shape index (κ3) is 2.72. The Bertz CT molecular complexity index is 1040. The molecule has 1 aliphatic rings. The molecule has 0 saturated carbocycles. The predicted molar refractivity (Wildman–Crippen MR) is 90.6 cm³/mol. The fraction of sp³-hybridized carbons (Fsp3) is 0.0556. The standard InChI is InChI=1S/C18H13N3O4/c1-24-12-4-2-3-10(5-12)14-9-19-8-11-6-13(25-16(11)14)7-15-17(22)21-18(23)20-15/h2-9H,1H3,(H2,20,21,22,23)/b15-7+. The Kier molecular flexibility index (Phi) is 3.46. The number of hydrogen-bond acceptors (Lipinski definition) is 5. The first-order chi connectivity index (χ1) is 12.1. The molecule has 0 atom stereocenters. The highest BCUT2D eigenvalue weighted by molar-refractivity contribution is 6.14. The van der Waals surface area contributed by atoms with Crippen LogP contribution in [0.15, 0.2) is 52.8 Å². The Hall–Kier alpha value is -3.61. The Labute approximate surface area is 142 Å². The number of carbonyl (C=O) groups excluding carboxylic acids is 2. The molecule has 1 saturated heterocycles. The first-order valence-electron chi connectivity index (χ1n) is 7.50. The van der Waals surface area contributed by atoms with Gasteiger partial charge in [-0.25, -0.2) is 4.79 Å². The monoisotopic (exact) mass is 335 g/mol. The van der Waals surface area contributed by atoms with Gasteiger partial charge in [-0.2, -0.15) is 0 Å². The summed E-state index contributed by atoms with van der Waals surface area (Å²) in [6.45, 7) is 0. The van der Waals surface area contributed by atoms with E-state index in [9.17, 15) is 9.59 Å². The van der Waals surface area contributed by atoms with Crippen LogP contribution in [-0.2, 0) is 4.79 Å². The van der Waals surface area contributed by atoms with E-state index < -0.39 is 11.9 Å². The molecule has 0 aliphatic carbocycles. The number of ether oxygens (including phenoxy) is 1. The van der Waals surface area contributed by atoms with Gasteiger partial charge in [0.1, 0.15) is 22.8 Å². The van der Waals surface area contributed by atoms with Crippen molar-refractivity contribution in [1.82, 2.24) is 15.6 Å².